The van der Waals surface area contributed by atoms with Gasteiger partial charge in [0.05, 0.1) is 24.0 Å². The van der Waals surface area contributed by atoms with Gasteiger partial charge >= 0.3 is 5.97 Å². The number of hydrogen-bond donors (Lipinski definition) is 1. The molecule has 1 fully saturated rings. The van der Waals surface area contributed by atoms with Gasteiger partial charge in [-0.1, -0.05) is 12.1 Å². The van der Waals surface area contributed by atoms with Crippen LogP contribution in [0.25, 0.3) is 0 Å². The van der Waals surface area contributed by atoms with E-state index in [4.69, 9.17) is 10.00 Å². The highest BCUT2D eigenvalue weighted by molar-refractivity contribution is 7.99. The highest BCUT2D eigenvalue weighted by Gasteiger charge is 2.43. The van der Waals surface area contributed by atoms with Crippen molar-refractivity contribution in [3.8, 4) is 6.07 Å². The summed E-state index contributed by atoms with van der Waals surface area (Å²) in [6, 6.07) is 9.35. The molecular formula is C18H22N2O4S. The van der Waals surface area contributed by atoms with Crippen molar-refractivity contribution in [2.24, 2.45) is 5.41 Å². The molecule has 1 heterocycles. The second-order valence-corrected chi connectivity index (χ2v) is 7.22. The molecule has 0 radical (unpaired) electrons. The zero-order valence-corrected chi connectivity index (χ0v) is 15.1. The third-order valence-corrected chi connectivity index (χ3v) is 5.37. The summed E-state index contributed by atoms with van der Waals surface area (Å²) >= 11 is 1.49. The van der Waals surface area contributed by atoms with Crippen molar-refractivity contribution >= 4 is 23.6 Å². The molecule has 1 saturated heterocycles. The van der Waals surface area contributed by atoms with Gasteiger partial charge in [0, 0.05) is 26.0 Å². The Kier molecular flexibility index (Phi) is 6.85. The summed E-state index contributed by atoms with van der Waals surface area (Å²) in [5, 5.41) is 18.3. The molecule has 1 amide bonds. The number of likely N-dealkylation sites (tertiary alicyclic amines) is 1. The molecular weight excluding hydrogens is 340 g/mol. The maximum Gasteiger partial charge on any atom is 0.313 e. The lowest BCUT2D eigenvalue weighted by molar-refractivity contribution is -0.158. The monoisotopic (exact) mass is 362 g/mol. The Morgan fingerprint density at radius 2 is 2.12 bits per heavy atom. The Bertz CT molecular complexity index is 652. The standard InChI is InChI=1S/C18H22N2O4S/c1-24-13-18(17(22)23)7-2-8-20(12-18)16(21)11-25-10-15-5-3-14(9-19)4-6-15/h3-6H,2,7-8,10-13H2,1H3,(H,22,23). The average molecular weight is 362 g/mol. The van der Waals surface area contributed by atoms with E-state index >= 15 is 0 Å². The van der Waals surface area contributed by atoms with Crippen molar-refractivity contribution in [2.75, 3.05) is 32.6 Å². The van der Waals surface area contributed by atoms with E-state index in [2.05, 4.69) is 6.07 Å². The molecule has 1 aliphatic heterocycles. The predicted molar refractivity (Wildman–Crippen MR) is 95.1 cm³/mol. The molecule has 0 aliphatic carbocycles. The first kappa shape index (κ1) is 19.3. The number of rotatable bonds is 7. The zero-order chi connectivity index (χ0) is 18.3. The molecule has 1 aromatic carbocycles. The van der Waals surface area contributed by atoms with Crippen molar-refractivity contribution in [3.05, 3.63) is 35.4 Å². The van der Waals surface area contributed by atoms with Crippen LogP contribution < -0.4 is 0 Å². The van der Waals surface area contributed by atoms with Gasteiger partial charge < -0.3 is 14.7 Å². The van der Waals surface area contributed by atoms with Crippen molar-refractivity contribution in [3.63, 3.8) is 0 Å². The second kappa shape index (κ2) is 8.88. The molecule has 6 nitrogen and oxygen atoms in total. The van der Waals surface area contributed by atoms with Crippen LogP contribution in [0.2, 0.25) is 0 Å². The molecule has 7 heteroatoms. The molecule has 0 saturated carbocycles. The average Bonchev–Trinajstić information content (AvgIpc) is 2.62. The summed E-state index contributed by atoms with van der Waals surface area (Å²) in [6.07, 6.45) is 1.19. The number of nitriles is 1. The maximum atomic E-state index is 12.4. The lowest BCUT2D eigenvalue weighted by Crippen LogP contribution is -2.52. The van der Waals surface area contributed by atoms with E-state index in [0.29, 0.717) is 36.5 Å². The van der Waals surface area contributed by atoms with E-state index < -0.39 is 11.4 Å². The van der Waals surface area contributed by atoms with Crippen molar-refractivity contribution in [1.29, 1.82) is 5.26 Å². The van der Waals surface area contributed by atoms with E-state index in [1.165, 1.54) is 18.9 Å². The number of amides is 1. The van der Waals surface area contributed by atoms with Crippen molar-refractivity contribution in [2.45, 2.75) is 18.6 Å². The predicted octanol–water partition coefficient (Wildman–Crippen LogP) is 2.13. The van der Waals surface area contributed by atoms with Crippen LogP contribution in [0, 0.1) is 16.7 Å². The minimum absolute atomic E-state index is 0.0416. The Hall–Kier alpha value is -2.04. The van der Waals surface area contributed by atoms with E-state index in [-0.39, 0.29) is 19.1 Å². The smallest absolute Gasteiger partial charge is 0.313 e. The van der Waals surface area contributed by atoms with Gasteiger partial charge in [-0.3, -0.25) is 9.59 Å². The summed E-state index contributed by atoms with van der Waals surface area (Å²) in [4.78, 5) is 25.7. The Balaban J connectivity index is 1.87. The summed E-state index contributed by atoms with van der Waals surface area (Å²) < 4.78 is 5.08. The Morgan fingerprint density at radius 1 is 1.40 bits per heavy atom. The molecule has 0 aromatic heterocycles. The summed E-state index contributed by atoms with van der Waals surface area (Å²) in [5.41, 5.74) is 0.663. The van der Waals surface area contributed by atoms with Crippen LogP contribution in [0.3, 0.4) is 0 Å². The maximum absolute atomic E-state index is 12.4. The number of thioether (sulfide) groups is 1. The van der Waals surface area contributed by atoms with Crippen LogP contribution in [0.1, 0.15) is 24.0 Å². The van der Waals surface area contributed by atoms with Crippen LogP contribution in [0.4, 0.5) is 0 Å². The number of carbonyl (C=O) groups excluding carboxylic acids is 1. The molecule has 134 valence electrons. The summed E-state index contributed by atoms with van der Waals surface area (Å²) in [7, 11) is 1.49. The van der Waals surface area contributed by atoms with E-state index in [0.717, 1.165) is 5.56 Å². The van der Waals surface area contributed by atoms with Crippen LogP contribution in [0.5, 0.6) is 0 Å². The second-order valence-electron chi connectivity index (χ2n) is 6.24. The molecule has 2 rings (SSSR count). The fraction of sp³-hybridized carbons (Fsp3) is 0.500. The molecule has 1 aliphatic rings. The first-order valence-corrected chi connectivity index (χ1v) is 9.23. The lowest BCUT2D eigenvalue weighted by Gasteiger charge is -2.39. The van der Waals surface area contributed by atoms with E-state index in [9.17, 15) is 14.7 Å². The third kappa shape index (κ3) is 4.97. The number of hydrogen-bond acceptors (Lipinski definition) is 5. The molecule has 1 N–H and O–H groups in total. The highest BCUT2D eigenvalue weighted by atomic mass is 32.2. The summed E-state index contributed by atoms with van der Waals surface area (Å²) in [6.45, 7) is 0.909. The van der Waals surface area contributed by atoms with Crippen molar-refractivity contribution < 1.29 is 19.4 Å². The molecule has 0 bridgehead atoms. The molecule has 0 spiro atoms. The van der Waals surface area contributed by atoms with Gasteiger partial charge in [0.25, 0.3) is 0 Å². The molecule has 1 atom stereocenters. The van der Waals surface area contributed by atoms with Gasteiger partial charge in [-0.15, -0.1) is 11.8 Å². The number of methoxy groups -OCH3 is 1. The topological polar surface area (TPSA) is 90.6 Å². The quantitative estimate of drug-likeness (QED) is 0.799. The Labute approximate surface area is 151 Å². The number of benzene rings is 1. The molecule has 25 heavy (non-hydrogen) atoms. The van der Waals surface area contributed by atoms with Gasteiger partial charge in [0.2, 0.25) is 5.91 Å². The van der Waals surface area contributed by atoms with Gasteiger partial charge in [-0.25, -0.2) is 0 Å². The number of carbonyl (C=O) groups is 2. The lowest BCUT2D eigenvalue weighted by atomic mass is 9.80. The SMILES string of the molecule is COCC1(C(=O)O)CCCN(C(=O)CSCc2ccc(C#N)cc2)C1. The van der Waals surface area contributed by atoms with Gasteiger partial charge in [-0.2, -0.15) is 5.26 Å². The number of carboxylic acid groups (broad SMARTS) is 1. The first-order chi connectivity index (χ1) is 12.0. The minimum atomic E-state index is -1.000. The normalized spacial score (nSPS) is 20.1. The van der Waals surface area contributed by atoms with Crippen LogP contribution in [-0.4, -0.2) is 54.4 Å². The zero-order valence-electron chi connectivity index (χ0n) is 14.2. The van der Waals surface area contributed by atoms with Crippen molar-refractivity contribution in [1.82, 2.24) is 4.90 Å². The number of ether oxygens (including phenoxy) is 1. The van der Waals surface area contributed by atoms with Crippen LogP contribution in [-0.2, 0) is 20.1 Å². The minimum Gasteiger partial charge on any atom is -0.481 e. The molecule has 1 aromatic rings. The van der Waals surface area contributed by atoms with E-state index in [1.54, 1.807) is 17.0 Å². The fourth-order valence-electron chi connectivity index (χ4n) is 3.00. The molecule has 1 unspecified atom stereocenters. The van der Waals surface area contributed by atoms with Crippen LogP contribution >= 0.6 is 11.8 Å². The van der Waals surface area contributed by atoms with Gasteiger partial charge in [0.15, 0.2) is 0 Å². The Morgan fingerprint density at radius 3 is 2.72 bits per heavy atom. The largest absolute Gasteiger partial charge is 0.481 e. The fourth-order valence-corrected chi connectivity index (χ4v) is 3.89. The number of aliphatic carboxylic acids is 1. The van der Waals surface area contributed by atoms with Gasteiger partial charge in [0.1, 0.15) is 5.41 Å². The number of carboxylic acids is 1. The van der Waals surface area contributed by atoms with Gasteiger partial charge in [-0.05, 0) is 30.5 Å². The summed E-state index contributed by atoms with van der Waals surface area (Å²) in [5.74, 6) is 0.0352. The van der Waals surface area contributed by atoms with Crippen LogP contribution in [0.15, 0.2) is 24.3 Å². The number of nitrogens with zero attached hydrogens (tertiary/aromatic N) is 2. The first-order valence-electron chi connectivity index (χ1n) is 8.07. The highest BCUT2D eigenvalue weighted by Crippen LogP contribution is 2.31. The number of piperidine rings is 1. The van der Waals surface area contributed by atoms with E-state index in [1.807, 2.05) is 12.1 Å². The third-order valence-electron chi connectivity index (χ3n) is 4.38.